The Labute approximate surface area is 150 Å². The topological polar surface area (TPSA) is 61.3 Å². The molecule has 3 rings (SSSR count). The summed E-state index contributed by atoms with van der Waals surface area (Å²) < 4.78 is 26.3. The molecule has 7 heteroatoms. The number of alkyl halides is 2. The van der Waals surface area contributed by atoms with Crippen molar-refractivity contribution < 1.29 is 13.9 Å². The molecule has 0 aliphatic rings. The summed E-state index contributed by atoms with van der Waals surface area (Å²) in [6.07, 6.45) is -2.77. The Morgan fingerprint density at radius 2 is 1.85 bits per heavy atom. The van der Waals surface area contributed by atoms with Crippen molar-refractivity contribution in [2.45, 2.75) is 12.5 Å². The first-order chi connectivity index (χ1) is 12.5. The molecule has 136 valence electrons. The predicted molar refractivity (Wildman–Crippen MR) is 98.7 cm³/mol. The molecular weight excluding hydrogens is 338 g/mol. The molecule has 2 aromatic carbocycles. The number of aliphatic hydroxyl groups excluding tert-OH is 1. The molecule has 0 spiro atoms. The van der Waals surface area contributed by atoms with Crippen LogP contribution in [0.4, 0.5) is 20.3 Å². The van der Waals surface area contributed by atoms with Gasteiger partial charge in [-0.15, -0.1) is 0 Å². The average Bonchev–Trinajstić information content (AvgIpc) is 2.65. The Morgan fingerprint density at radius 3 is 2.54 bits per heavy atom. The van der Waals surface area contributed by atoms with Gasteiger partial charge in [-0.25, -0.2) is 18.7 Å². The van der Waals surface area contributed by atoms with Crippen molar-refractivity contribution in [3.8, 4) is 0 Å². The first kappa shape index (κ1) is 18.0. The second kappa shape index (κ2) is 7.61. The fraction of sp³-hybridized carbons (Fsp3) is 0.263. The number of hydrogen-bond acceptors (Lipinski definition) is 5. The zero-order valence-electron chi connectivity index (χ0n) is 14.5. The quantitative estimate of drug-likeness (QED) is 0.702. The monoisotopic (exact) mass is 358 g/mol. The van der Waals surface area contributed by atoms with E-state index < -0.39 is 18.3 Å². The standard InChI is InChI=1S/C19H20F2N4O/c1-25(2)13-7-5-6-12(10-13)16(11-26)23-18-14-8-3-4-9-15(14)22-19(24-18)17(20)21/h3-10,16-17,26H,11H2,1-2H3,(H,22,23,24)/t16-/m0/s1. The van der Waals surface area contributed by atoms with Crippen molar-refractivity contribution in [2.24, 2.45) is 0 Å². The molecule has 0 aliphatic heterocycles. The van der Waals surface area contributed by atoms with Gasteiger partial charge in [0.25, 0.3) is 6.43 Å². The van der Waals surface area contributed by atoms with Crippen LogP contribution in [0.1, 0.15) is 23.9 Å². The average molecular weight is 358 g/mol. The van der Waals surface area contributed by atoms with E-state index in [1.54, 1.807) is 24.3 Å². The fourth-order valence-electron chi connectivity index (χ4n) is 2.72. The third-order valence-corrected chi connectivity index (χ3v) is 4.10. The molecule has 0 fully saturated rings. The number of hydrogen-bond donors (Lipinski definition) is 2. The first-order valence-corrected chi connectivity index (χ1v) is 8.19. The largest absolute Gasteiger partial charge is 0.394 e. The van der Waals surface area contributed by atoms with Gasteiger partial charge in [-0.3, -0.25) is 0 Å². The number of anilines is 2. The highest BCUT2D eigenvalue weighted by Crippen LogP contribution is 2.28. The Kier molecular flexibility index (Phi) is 5.27. The lowest BCUT2D eigenvalue weighted by Crippen LogP contribution is -2.18. The van der Waals surface area contributed by atoms with Crippen molar-refractivity contribution >= 4 is 22.4 Å². The van der Waals surface area contributed by atoms with Crippen LogP contribution >= 0.6 is 0 Å². The molecule has 1 atom stereocenters. The summed E-state index contributed by atoms with van der Waals surface area (Å²) in [6, 6.07) is 14.1. The molecular formula is C19H20F2N4O. The summed E-state index contributed by atoms with van der Waals surface area (Å²) in [4.78, 5) is 9.84. The van der Waals surface area contributed by atoms with Gasteiger partial charge in [0.15, 0.2) is 5.82 Å². The molecule has 0 aliphatic carbocycles. The van der Waals surface area contributed by atoms with E-state index in [4.69, 9.17) is 0 Å². The van der Waals surface area contributed by atoms with Crippen molar-refractivity contribution in [3.63, 3.8) is 0 Å². The van der Waals surface area contributed by atoms with Crippen LogP contribution in [-0.2, 0) is 0 Å². The second-order valence-corrected chi connectivity index (χ2v) is 6.12. The van der Waals surface area contributed by atoms with Crippen LogP contribution in [0.3, 0.4) is 0 Å². The number of halogens is 2. The van der Waals surface area contributed by atoms with E-state index in [-0.39, 0.29) is 12.4 Å². The predicted octanol–water partition coefficient (Wildman–Crippen LogP) is 3.78. The molecule has 1 heterocycles. The minimum atomic E-state index is -2.77. The summed E-state index contributed by atoms with van der Waals surface area (Å²) in [7, 11) is 3.85. The molecule has 2 N–H and O–H groups in total. The lowest BCUT2D eigenvalue weighted by Gasteiger charge is -2.21. The molecule has 1 aromatic heterocycles. The van der Waals surface area contributed by atoms with E-state index in [0.717, 1.165) is 11.3 Å². The minimum Gasteiger partial charge on any atom is -0.394 e. The maximum absolute atomic E-state index is 13.2. The van der Waals surface area contributed by atoms with Crippen LogP contribution in [0.5, 0.6) is 0 Å². The third-order valence-electron chi connectivity index (χ3n) is 4.10. The maximum Gasteiger partial charge on any atom is 0.297 e. The number of aromatic nitrogens is 2. The number of rotatable bonds is 6. The van der Waals surface area contributed by atoms with Gasteiger partial charge in [0.1, 0.15) is 5.82 Å². The normalized spacial score (nSPS) is 12.4. The smallest absolute Gasteiger partial charge is 0.297 e. The fourth-order valence-corrected chi connectivity index (χ4v) is 2.72. The highest BCUT2D eigenvalue weighted by Gasteiger charge is 2.18. The Bertz CT molecular complexity index is 902. The van der Waals surface area contributed by atoms with E-state index in [1.807, 2.05) is 43.3 Å². The van der Waals surface area contributed by atoms with Crippen LogP contribution in [0, 0.1) is 0 Å². The molecule has 3 aromatic rings. The van der Waals surface area contributed by atoms with Crippen LogP contribution in [0.2, 0.25) is 0 Å². The van der Waals surface area contributed by atoms with Gasteiger partial charge >= 0.3 is 0 Å². The number of nitrogens with zero attached hydrogens (tertiary/aromatic N) is 3. The lowest BCUT2D eigenvalue weighted by atomic mass is 10.1. The highest BCUT2D eigenvalue weighted by molar-refractivity contribution is 5.89. The molecule has 5 nitrogen and oxygen atoms in total. The van der Waals surface area contributed by atoms with Crippen LogP contribution < -0.4 is 10.2 Å². The van der Waals surface area contributed by atoms with Gasteiger partial charge in [-0.1, -0.05) is 24.3 Å². The second-order valence-electron chi connectivity index (χ2n) is 6.12. The van der Waals surface area contributed by atoms with Crippen molar-refractivity contribution in [2.75, 3.05) is 30.9 Å². The molecule has 0 saturated heterocycles. The van der Waals surface area contributed by atoms with E-state index in [1.165, 1.54) is 0 Å². The summed E-state index contributed by atoms with van der Waals surface area (Å²) >= 11 is 0. The number of benzene rings is 2. The van der Waals surface area contributed by atoms with E-state index >= 15 is 0 Å². The number of nitrogens with one attached hydrogen (secondary N) is 1. The van der Waals surface area contributed by atoms with Gasteiger partial charge in [0.05, 0.1) is 18.2 Å². The summed E-state index contributed by atoms with van der Waals surface area (Å²) in [5, 5.41) is 13.6. The van der Waals surface area contributed by atoms with E-state index in [0.29, 0.717) is 10.9 Å². The van der Waals surface area contributed by atoms with Gasteiger partial charge in [0.2, 0.25) is 0 Å². The zero-order chi connectivity index (χ0) is 18.7. The third kappa shape index (κ3) is 3.72. The summed E-state index contributed by atoms with van der Waals surface area (Å²) in [6.45, 7) is -0.209. The number of para-hydroxylation sites is 1. The van der Waals surface area contributed by atoms with E-state index in [2.05, 4.69) is 15.3 Å². The highest BCUT2D eigenvalue weighted by atomic mass is 19.3. The van der Waals surface area contributed by atoms with Crippen molar-refractivity contribution in [1.82, 2.24) is 9.97 Å². The van der Waals surface area contributed by atoms with Crippen molar-refractivity contribution in [1.29, 1.82) is 0 Å². The number of fused-ring (bicyclic) bond motifs is 1. The Hall–Kier alpha value is -2.80. The van der Waals surface area contributed by atoms with Gasteiger partial charge in [-0.2, -0.15) is 0 Å². The maximum atomic E-state index is 13.2. The van der Waals surface area contributed by atoms with Gasteiger partial charge in [-0.05, 0) is 29.8 Å². The van der Waals surface area contributed by atoms with Gasteiger partial charge < -0.3 is 15.3 Å². The van der Waals surface area contributed by atoms with Crippen LogP contribution in [-0.4, -0.2) is 35.8 Å². The summed E-state index contributed by atoms with van der Waals surface area (Å²) in [5.41, 5.74) is 2.24. The Morgan fingerprint density at radius 1 is 1.08 bits per heavy atom. The molecule has 0 unspecified atom stereocenters. The molecule has 0 saturated carbocycles. The van der Waals surface area contributed by atoms with Crippen LogP contribution in [0.15, 0.2) is 48.5 Å². The molecule has 26 heavy (non-hydrogen) atoms. The van der Waals surface area contributed by atoms with E-state index in [9.17, 15) is 13.9 Å². The minimum absolute atomic E-state index is 0.209. The molecule has 0 radical (unpaired) electrons. The van der Waals surface area contributed by atoms with Gasteiger partial charge in [0, 0.05) is 25.2 Å². The zero-order valence-corrected chi connectivity index (χ0v) is 14.5. The molecule has 0 bridgehead atoms. The SMILES string of the molecule is CN(C)c1cccc([C@H](CO)Nc2nc(C(F)F)nc3ccccc23)c1. The first-order valence-electron chi connectivity index (χ1n) is 8.19. The lowest BCUT2D eigenvalue weighted by molar-refractivity contribution is 0.141. The number of aliphatic hydroxyl groups is 1. The Balaban J connectivity index is 2.02. The van der Waals surface area contributed by atoms with Crippen LogP contribution in [0.25, 0.3) is 10.9 Å². The van der Waals surface area contributed by atoms with Crippen molar-refractivity contribution in [3.05, 3.63) is 59.9 Å². The molecule has 0 amide bonds. The summed E-state index contributed by atoms with van der Waals surface area (Å²) in [5.74, 6) is -0.259.